The molecule has 37 heavy (non-hydrogen) atoms. The van der Waals surface area contributed by atoms with Crippen LogP contribution in [-0.2, 0) is 6.37 Å². The summed E-state index contributed by atoms with van der Waals surface area (Å²) < 4.78 is 161. The number of para-hydroxylation sites is 1. The summed E-state index contributed by atoms with van der Waals surface area (Å²) in [5.41, 5.74) is -0.630. The lowest BCUT2D eigenvalue weighted by Crippen LogP contribution is -2.10. The molecule has 3 aromatic heterocycles. The standard InChI is InChI=1S/C32H36N4O/c1-18(2)29-34-30(19(3)4)36-31(35-29)21-12-13-23-24-10-9-11-25(28(24)37-27(23)15-21)26-14-22(16-32(6,7)8)20(5)17-33-26/h9-15,17-19H,16H2,1-8H3/i1D3,2D3,3D3,4D3,5D3,16D2,18D,19D. The van der Waals surface area contributed by atoms with Gasteiger partial charge in [-0.3, -0.25) is 4.98 Å². The molecule has 0 aliphatic rings. The molecule has 5 aromatic rings. The van der Waals surface area contributed by atoms with Gasteiger partial charge in [-0.2, -0.15) is 0 Å². The van der Waals surface area contributed by atoms with Crippen LogP contribution in [0.1, 0.15) is 109 Å². The van der Waals surface area contributed by atoms with Gasteiger partial charge < -0.3 is 4.42 Å². The Bertz CT molecular complexity index is 2230. The average Bonchev–Trinajstić information content (AvgIpc) is 3.42. The lowest BCUT2D eigenvalue weighted by molar-refractivity contribution is 0.410. The third kappa shape index (κ3) is 5.00. The highest BCUT2D eigenvalue weighted by molar-refractivity contribution is 6.09. The third-order valence-corrected chi connectivity index (χ3v) is 5.53. The van der Waals surface area contributed by atoms with E-state index in [0.29, 0.717) is 16.3 Å². The SMILES string of the molecule is [2H]C([2H])([2H])c1cnc(-c2cccc3c2oc2cc(-c4nc(C([2H])(C([2H])([2H])[2H])C([2H])([2H])[2H])nc(C([2H])(C([2H])([2H])[2H])C([2H])([2H])[2H])n4)ccc23)cc1C([2H])([2H])C(C)(C)C. The number of hydrogen-bond donors (Lipinski definition) is 0. The molecule has 5 nitrogen and oxygen atoms in total. The fraction of sp³-hybridized carbons (Fsp3) is 0.375. The van der Waals surface area contributed by atoms with Crippen molar-refractivity contribution in [1.82, 2.24) is 19.9 Å². The van der Waals surface area contributed by atoms with Crippen molar-refractivity contribution in [2.75, 3.05) is 0 Å². The number of aromatic nitrogens is 4. The number of pyridine rings is 1. The topological polar surface area (TPSA) is 64.7 Å². The van der Waals surface area contributed by atoms with Gasteiger partial charge >= 0.3 is 0 Å². The maximum absolute atomic E-state index is 8.90. The van der Waals surface area contributed by atoms with Crippen molar-refractivity contribution in [3.63, 3.8) is 0 Å². The minimum absolute atomic E-state index is 0.0917. The highest BCUT2D eigenvalue weighted by Gasteiger charge is 2.19. The molecule has 2 aromatic carbocycles. The Labute approximate surface area is 246 Å². The molecule has 0 saturated carbocycles. The molecule has 0 radical (unpaired) electrons. The van der Waals surface area contributed by atoms with Crippen LogP contribution < -0.4 is 0 Å². The molecule has 5 rings (SSSR count). The molecule has 0 unspecified atom stereocenters. The minimum atomic E-state index is -3.68. The molecule has 0 N–H and O–H groups in total. The van der Waals surface area contributed by atoms with Gasteiger partial charge in [0, 0.05) is 65.9 Å². The monoisotopic (exact) mass is 511 g/mol. The second-order valence-corrected chi connectivity index (χ2v) is 9.54. The van der Waals surface area contributed by atoms with Crippen molar-refractivity contribution in [2.24, 2.45) is 5.41 Å². The summed E-state index contributed by atoms with van der Waals surface area (Å²) in [4.78, 5) is 16.0. The van der Waals surface area contributed by atoms with E-state index < -0.39 is 75.3 Å². The molecule has 0 fully saturated rings. The quantitative estimate of drug-likeness (QED) is 0.236. The highest BCUT2D eigenvalue weighted by atomic mass is 16.3. The normalized spacial score (nSPS) is 22.6. The second-order valence-electron chi connectivity index (χ2n) is 9.54. The van der Waals surface area contributed by atoms with E-state index in [4.69, 9.17) is 30.5 Å². The van der Waals surface area contributed by atoms with Crippen molar-refractivity contribution in [2.45, 2.75) is 73.2 Å². The van der Waals surface area contributed by atoms with Crippen LogP contribution >= 0.6 is 0 Å². The molecule has 0 amide bonds. The second kappa shape index (κ2) is 9.37. The predicted molar refractivity (Wildman–Crippen MR) is 152 cm³/mol. The number of benzene rings is 2. The van der Waals surface area contributed by atoms with Crippen LogP contribution in [0.3, 0.4) is 0 Å². The van der Waals surface area contributed by atoms with E-state index in [1.807, 2.05) is 0 Å². The van der Waals surface area contributed by atoms with E-state index >= 15 is 0 Å². The van der Waals surface area contributed by atoms with Gasteiger partial charge in [0.05, 0.1) is 5.69 Å². The summed E-state index contributed by atoms with van der Waals surface area (Å²) in [5, 5.41) is 0.970. The Morgan fingerprint density at radius 1 is 0.946 bits per heavy atom. The van der Waals surface area contributed by atoms with Gasteiger partial charge in [-0.15, -0.1) is 0 Å². The van der Waals surface area contributed by atoms with Crippen LogP contribution in [0.4, 0.5) is 0 Å². The van der Waals surface area contributed by atoms with Crippen LogP contribution in [0, 0.1) is 12.3 Å². The van der Waals surface area contributed by atoms with E-state index in [0.717, 1.165) is 6.20 Å². The number of hydrogen-bond acceptors (Lipinski definition) is 5. The number of nitrogens with zero attached hydrogens (tertiary/aromatic N) is 4. The molecule has 190 valence electrons. The Morgan fingerprint density at radius 2 is 1.70 bits per heavy atom. The van der Waals surface area contributed by atoms with E-state index in [1.54, 1.807) is 39.0 Å². The van der Waals surface area contributed by atoms with E-state index in [1.165, 1.54) is 24.3 Å². The number of aryl methyl sites for hydroxylation is 1. The molecular weight excluding hydrogens is 456 g/mol. The summed E-state index contributed by atoms with van der Waals surface area (Å²) in [6.45, 7) is -12.5. The van der Waals surface area contributed by atoms with Crippen molar-refractivity contribution in [3.05, 3.63) is 71.4 Å². The maximum Gasteiger partial charge on any atom is 0.163 e. The minimum Gasteiger partial charge on any atom is -0.455 e. The van der Waals surface area contributed by atoms with Crippen molar-refractivity contribution in [1.29, 1.82) is 0 Å². The largest absolute Gasteiger partial charge is 0.455 e. The summed E-state index contributed by atoms with van der Waals surface area (Å²) in [6.07, 6.45) is -1.02. The molecule has 5 heteroatoms. The van der Waals surface area contributed by atoms with Crippen LogP contribution in [0.2, 0.25) is 0 Å². The number of fused-ring (bicyclic) bond motifs is 3. The first-order valence-corrected chi connectivity index (χ1v) is 11.3. The van der Waals surface area contributed by atoms with Crippen LogP contribution in [0.25, 0.3) is 44.6 Å². The zero-order valence-electron chi connectivity index (χ0n) is 39.3. The molecule has 0 spiro atoms. The Balaban J connectivity index is 1.80. The lowest BCUT2D eigenvalue weighted by Gasteiger charge is -2.20. The van der Waals surface area contributed by atoms with Gasteiger partial charge in [0.15, 0.2) is 5.82 Å². The van der Waals surface area contributed by atoms with Crippen LogP contribution in [-0.4, -0.2) is 19.9 Å². The molecule has 0 saturated heterocycles. The summed E-state index contributed by atoms with van der Waals surface area (Å²) in [6, 6.07) is 10.5. The molecule has 3 heterocycles. The van der Waals surface area contributed by atoms with E-state index in [-0.39, 0.29) is 33.6 Å². The Hall–Kier alpha value is -3.60. The Kier molecular flexibility index (Phi) is 2.79. The van der Waals surface area contributed by atoms with Crippen LogP contribution in [0.5, 0.6) is 0 Å². The van der Waals surface area contributed by atoms with Crippen molar-refractivity contribution in [3.8, 4) is 22.6 Å². The average molecular weight is 512 g/mol. The highest BCUT2D eigenvalue weighted by Crippen LogP contribution is 2.37. The molecule has 0 aliphatic heterocycles. The molecule has 0 bridgehead atoms. The zero-order valence-corrected chi connectivity index (χ0v) is 20.3. The molecule has 0 atom stereocenters. The smallest absolute Gasteiger partial charge is 0.163 e. The molecular formula is C32H36N4O. The predicted octanol–water partition coefficient (Wildman–Crippen LogP) is 8.64. The van der Waals surface area contributed by atoms with Gasteiger partial charge in [-0.05, 0) is 54.0 Å². The van der Waals surface area contributed by atoms with Crippen molar-refractivity contribution >= 4 is 21.9 Å². The third-order valence-electron chi connectivity index (χ3n) is 5.53. The van der Waals surface area contributed by atoms with Crippen LogP contribution in [0.15, 0.2) is 53.1 Å². The van der Waals surface area contributed by atoms with Crippen molar-refractivity contribution < 1.29 is 30.5 Å². The fourth-order valence-corrected chi connectivity index (χ4v) is 3.98. The van der Waals surface area contributed by atoms with E-state index in [9.17, 15) is 0 Å². The summed E-state index contributed by atoms with van der Waals surface area (Å²) in [5.74, 6) is -10.6. The van der Waals surface area contributed by atoms with Gasteiger partial charge in [-0.25, -0.2) is 15.0 Å². The summed E-state index contributed by atoms with van der Waals surface area (Å²) >= 11 is 0. The van der Waals surface area contributed by atoms with Gasteiger partial charge in [0.25, 0.3) is 0 Å². The zero-order chi connectivity index (χ0) is 42.6. The first-order chi connectivity index (χ1) is 25.1. The molecule has 0 aliphatic carbocycles. The Morgan fingerprint density at radius 3 is 2.38 bits per heavy atom. The fourth-order valence-electron chi connectivity index (χ4n) is 3.98. The van der Waals surface area contributed by atoms with Gasteiger partial charge in [-0.1, -0.05) is 66.4 Å². The lowest BCUT2D eigenvalue weighted by atomic mass is 9.86. The number of rotatable bonds is 5. The number of furan rings is 1. The maximum atomic E-state index is 8.90. The summed E-state index contributed by atoms with van der Waals surface area (Å²) in [7, 11) is 0. The van der Waals surface area contributed by atoms with E-state index in [2.05, 4.69) is 19.9 Å². The van der Waals surface area contributed by atoms with Gasteiger partial charge in [0.2, 0.25) is 0 Å². The first kappa shape index (κ1) is 11.0. The first-order valence-electron chi connectivity index (χ1n) is 20.8. The van der Waals surface area contributed by atoms with Gasteiger partial charge in [0.1, 0.15) is 22.8 Å².